The molecule has 0 spiro atoms. The number of alkyl carbamates (subject to hydrolysis) is 1. The molecule has 0 saturated heterocycles. The molecule has 1 amide bonds. The van der Waals surface area contributed by atoms with Gasteiger partial charge >= 0.3 is 6.09 Å². The third-order valence-electron chi connectivity index (χ3n) is 2.52. The van der Waals surface area contributed by atoms with Crippen LogP contribution >= 0.6 is 0 Å². The Morgan fingerprint density at radius 2 is 2.00 bits per heavy atom. The summed E-state index contributed by atoms with van der Waals surface area (Å²) in [7, 11) is 0. The highest BCUT2D eigenvalue weighted by Crippen LogP contribution is 2.00. The van der Waals surface area contributed by atoms with Crippen molar-refractivity contribution in [3.05, 3.63) is 35.9 Å². The van der Waals surface area contributed by atoms with Gasteiger partial charge in [-0.05, 0) is 5.56 Å². The molecule has 5 nitrogen and oxygen atoms in total. The molecule has 1 aromatic rings. The first kappa shape index (κ1) is 14.2. The molecule has 1 aromatic carbocycles. The van der Waals surface area contributed by atoms with Gasteiger partial charge in [0.2, 0.25) is 0 Å². The minimum absolute atomic E-state index is 0.0120. The zero-order valence-corrected chi connectivity index (χ0v) is 10.4. The lowest BCUT2D eigenvalue weighted by atomic mass is 10.1. The molecule has 0 heterocycles. The molecule has 1 unspecified atom stereocenters. The fourth-order valence-corrected chi connectivity index (χ4v) is 1.33. The summed E-state index contributed by atoms with van der Waals surface area (Å²) in [5.74, 6) is -0.377. The minimum atomic E-state index is -0.532. The Labute approximate surface area is 106 Å². The molecule has 18 heavy (non-hydrogen) atoms. The molecule has 3 N–H and O–H groups in total. The standard InChI is InChI=1S/C13H18N2O3/c1-10(12(16)7-14)8-15-13(17)18-9-11-5-3-2-4-6-11/h2-6,10H,7-9,14H2,1H3,(H,15,17). The largest absolute Gasteiger partial charge is 0.445 e. The number of Topliss-reactive ketones (excluding diaryl/α,β-unsaturated/α-hetero) is 1. The summed E-state index contributed by atoms with van der Waals surface area (Å²) in [6.07, 6.45) is -0.532. The molecule has 0 aromatic heterocycles. The van der Waals surface area contributed by atoms with Crippen molar-refractivity contribution in [2.45, 2.75) is 13.5 Å². The van der Waals surface area contributed by atoms with Crippen LogP contribution in [0.4, 0.5) is 4.79 Å². The Morgan fingerprint density at radius 1 is 1.33 bits per heavy atom. The van der Waals surface area contributed by atoms with Crippen LogP contribution in [0.2, 0.25) is 0 Å². The first-order valence-electron chi connectivity index (χ1n) is 5.80. The molecule has 0 fully saturated rings. The van der Waals surface area contributed by atoms with E-state index in [1.54, 1.807) is 6.92 Å². The van der Waals surface area contributed by atoms with Gasteiger partial charge in [-0.1, -0.05) is 37.3 Å². The number of hydrogen-bond donors (Lipinski definition) is 2. The highest BCUT2D eigenvalue weighted by atomic mass is 16.5. The fourth-order valence-electron chi connectivity index (χ4n) is 1.33. The molecule has 0 aliphatic heterocycles. The summed E-state index contributed by atoms with van der Waals surface area (Å²) >= 11 is 0. The average molecular weight is 250 g/mol. The lowest BCUT2D eigenvalue weighted by Gasteiger charge is -2.11. The maximum atomic E-state index is 11.4. The average Bonchev–Trinajstić information content (AvgIpc) is 2.42. The van der Waals surface area contributed by atoms with Crippen molar-refractivity contribution in [2.75, 3.05) is 13.1 Å². The maximum Gasteiger partial charge on any atom is 0.407 e. The van der Waals surface area contributed by atoms with Crippen LogP contribution < -0.4 is 11.1 Å². The van der Waals surface area contributed by atoms with Gasteiger partial charge in [0.05, 0.1) is 6.54 Å². The van der Waals surface area contributed by atoms with Crippen molar-refractivity contribution in [3.8, 4) is 0 Å². The summed E-state index contributed by atoms with van der Waals surface area (Å²) < 4.78 is 5.00. The first-order chi connectivity index (χ1) is 8.63. The number of carbonyl (C=O) groups excluding carboxylic acids is 2. The first-order valence-corrected chi connectivity index (χ1v) is 5.80. The van der Waals surface area contributed by atoms with E-state index in [1.807, 2.05) is 30.3 Å². The fraction of sp³-hybridized carbons (Fsp3) is 0.385. The van der Waals surface area contributed by atoms with E-state index in [2.05, 4.69) is 5.32 Å². The van der Waals surface area contributed by atoms with E-state index in [1.165, 1.54) is 0 Å². The second kappa shape index (κ2) is 7.45. The van der Waals surface area contributed by atoms with Gasteiger partial charge in [0.15, 0.2) is 5.78 Å². The SMILES string of the molecule is CC(CNC(=O)OCc1ccccc1)C(=O)CN. The molecular weight excluding hydrogens is 232 g/mol. The molecule has 0 aliphatic carbocycles. The monoisotopic (exact) mass is 250 g/mol. The quantitative estimate of drug-likeness (QED) is 0.791. The number of ether oxygens (including phenoxy) is 1. The van der Waals surface area contributed by atoms with Crippen molar-refractivity contribution >= 4 is 11.9 Å². The predicted octanol–water partition coefficient (Wildman–Crippen LogP) is 1.08. The second-order valence-electron chi connectivity index (χ2n) is 4.01. The van der Waals surface area contributed by atoms with Crippen LogP contribution in [0.3, 0.4) is 0 Å². The molecule has 98 valence electrons. The predicted molar refractivity (Wildman–Crippen MR) is 67.9 cm³/mol. The Morgan fingerprint density at radius 3 is 2.61 bits per heavy atom. The van der Waals surface area contributed by atoms with Crippen LogP contribution in [0, 0.1) is 5.92 Å². The molecular formula is C13H18N2O3. The van der Waals surface area contributed by atoms with Gasteiger partial charge < -0.3 is 15.8 Å². The second-order valence-corrected chi connectivity index (χ2v) is 4.01. The van der Waals surface area contributed by atoms with Gasteiger partial charge in [-0.2, -0.15) is 0 Å². The van der Waals surface area contributed by atoms with Crippen LogP contribution in [0.25, 0.3) is 0 Å². The van der Waals surface area contributed by atoms with Crippen molar-refractivity contribution in [1.29, 1.82) is 0 Å². The Bertz CT molecular complexity index is 392. The molecule has 1 atom stereocenters. The summed E-state index contributed by atoms with van der Waals surface area (Å²) in [5, 5.41) is 2.53. The lowest BCUT2D eigenvalue weighted by molar-refractivity contribution is -0.120. The van der Waals surface area contributed by atoms with Gasteiger partial charge in [-0.25, -0.2) is 4.79 Å². The van der Waals surface area contributed by atoms with E-state index in [0.717, 1.165) is 5.56 Å². The number of nitrogens with two attached hydrogens (primary N) is 1. The Kier molecular flexibility index (Phi) is 5.87. The molecule has 5 heteroatoms. The Hall–Kier alpha value is -1.88. The highest BCUT2D eigenvalue weighted by Gasteiger charge is 2.12. The zero-order valence-electron chi connectivity index (χ0n) is 10.4. The van der Waals surface area contributed by atoms with Crippen molar-refractivity contribution in [3.63, 3.8) is 0 Å². The van der Waals surface area contributed by atoms with Crippen molar-refractivity contribution in [1.82, 2.24) is 5.32 Å². The molecule has 0 bridgehead atoms. The van der Waals surface area contributed by atoms with Crippen LogP contribution in [-0.4, -0.2) is 25.0 Å². The number of carbonyl (C=O) groups is 2. The third-order valence-corrected chi connectivity index (χ3v) is 2.52. The van der Waals surface area contributed by atoms with E-state index in [4.69, 9.17) is 10.5 Å². The summed E-state index contributed by atoms with van der Waals surface area (Å²) in [6, 6.07) is 9.38. The van der Waals surface area contributed by atoms with Crippen LogP contribution in [0.5, 0.6) is 0 Å². The van der Waals surface area contributed by atoms with Gasteiger partial charge in [0, 0.05) is 12.5 Å². The molecule has 1 rings (SSSR count). The van der Waals surface area contributed by atoms with Gasteiger partial charge in [-0.15, -0.1) is 0 Å². The van der Waals surface area contributed by atoms with E-state index in [9.17, 15) is 9.59 Å². The number of benzene rings is 1. The number of rotatable bonds is 6. The summed E-state index contributed by atoms with van der Waals surface area (Å²) in [4.78, 5) is 22.5. The topological polar surface area (TPSA) is 81.4 Å². The van der Waals surface area contributed by atoms with Crippen LogP contribution in [-0.2, 0) is 16.1 Å². The molecule has 0 saturated carbocycles. The smallest absolute Gasteiger partial charge is 0.407 e. The van der Waals surface area contributed by atoms with Crippen molar-refractivity contribution < 1.29 is 14.3 Å². The van der Waals surface area contributed by atoms with E-state index in [0.29, 0.717) is 0 Å². The molecule has 0 aliphatic rings. The lowest BCUT2D eigenvalue weighted by Crippen LogP contribution is -2.34. The number of hydrogen-bond acceptors (Lipinski definition) is 4. The normalized spacial score (nSPS) is 11.7. The van der Waals surface area contributed by atoms with E-state index < -0.39 is 6.09 Å². The zero-order chi connectivity index (χ0) is 13.4. The number of nitrogens with one attached hydrogen (secondary N) is 1. The van der Waals surface area contributed by atoms with Gasteiger partial charge in [-0.3, -0.25) is 4.79 Å². The number of ketones is 1. The van der Waals surface area contributed by atoms with Gasteiger partial charge in [0.1, 0.15) is 6.61 Å². The van der Waals surface area contributed by atoms with E-state index in [-0.39, 0.29) is 31.4 Å². The van der Waals surface area contributed by atoms with E-state index >= 15 is 0 Å². The van der Waals surface area contributed by atoms with Gasteiger partial charge in [0.25, 0.3) is 0 Å². The Balaban J connectivity index is 2.24. The van der Waals surface area contributed by atoms with Crippen LogP contribution in [0.15, 0.2) is 30.3 Å². The van der Waals surface area contributed by atoms with Crippen molar-refractivity contribution in [2.24, 2.45) is 11.7 Å². The maximum absolute atomic E-state index is 11.4. The third kappa shape index (κ3) is 4.97. The summed E-state index contributed by atoms with van der Waals surface area (Å²) in [6.45, 7) is 2.16. The number of amides is 1. The van der Waals surface area contributed by atoms with Crippen LogP contribution in [0.1, 0.15) is 12.5 Å². The molecule has 0 radical (unpaired) electrons. The minimum Gasteiger partial charge on any atom is -0.445 e. The summed E-state index contributed by atoms with van der Waals surface area (Å²) in [5.41, 5.74) is 6.14. The highest BCUT2D eigenvalue weighted by molar-refractivity contribution is 5.83.